The third-order valence-electron chi connectivity index (χ3n) is 1.90. The maximum Gasteiger partial charge on any atom is 0.335 e. The number of carboxylic acids is 1. The lowest BCUT2D eigenvalue weighted by Crippen LogP contribution is -2.09. The molecular formula is C10H11NO5S. The van der Waals surface area contributed by atoms with Crippen LogP contribution in [0.5, 0.6) is 0 Å². The number of hydrogen-bond acceptors (Lipinski definition) is 4. The Balaban J connectivity index is 3.39. The molecule has 6 nitrogen and oxygen atoms in total. The topological polar surface area (TPSA) is 101 Å². The Kier molecular flexibility index (Phi) is 3.52. The van der Waals surface area contributed by atoms with Crippen molar-refractivity contribution in [3.05, 3.63) is 23.8 Å². The van der Waals surface area contributed by atoms with Crippen LogP contribution in [0.3, 0.4) is 0 Å². The van der Waals surface area contributed by atoms with Gasteiger partial charge in [0.15, 0.2) is 9.84 Å². The highest BCUT2D eigenvalue weighted by molar-refractivity contribution is 7.90. The molecule has 0 heterocycles. The Bertz CT molecular complexity index is 576. The zero-order valence-corrected chi connectivity index (χ0v) is 10.0. The van der Waals surface area contributed by atoms with Crippen molar-refractivity contribution < 1.29 is 23.1 Å². The second-order valence-electron chi connectivity index (χ2n) is 3.50. The maximum atomic E-state index is 11.3. The number of anilines is 1. The van der Waals surface area contributed by atoms with Crippen LogP contribution in [-0.2, 0) is 14.6 Å². The molecule has 92 valence electrons. The van der Waals surface area contributed by atoms with Crippen molar-refractivity contribution in [2.75, 3.05) is 11.6 Å². The van der Waals surface area contributed by atoms with Crippen molar-refractivity contribution in [1.29, 1.82) is 0 Å². The molecule has 1 aromatic carbocycles. The Morgan fingerprint density at radius 1 is 1.24 bits per heavy atom. The lowest BCUT2D eigenvalue weighted by atomic mass is 10.2. The van der Waals surface area contributed by atoms with E-state index in [1.165, 1.54) is 19.1 Å². The van der Waals surface area contributed by atoms with Crippen LogP contribution in [0.2, 0.25) is 0 Å². The van der Waals surface area contributed by atoms with Gasteiger partial charge in [-0.3, -0.25) is 4.79 Å². The minimum atomic E-state index is -3.53. The number of benzene rings is 1. The predicted octanol–water partition coefficient (Wildman–Crippen LogP) is 0.747. The second kappa shape index (κ2) is 4.54. The van der Waals surface area contributed by atoms with Crippen LogP contribution in [0.1, 0.15) is 17.3 Å². The molecule has 1 aromatic rings. The van der Waals surface area contributed by atoms with E-state index in [1.54, 1.807) is 0 Å². The van der Waals surface area contributed by atoms with Gasteiger partial charge in [0.25, 0.3) is 0 Å². The van der Waals surface area contributed by atoms with Gasteiger partial charge in [-0.1, -0.05) is 0 Å². The first-order valence-electron chi connectivity index (χ1n) is 4.56. The van der Waals surface area contributed by atoms with E-state index >= 15 is 0 Å². The zero-order valence-electron chi connectivity index (χ0n) is 9.22. The molecule has 7 heteroatoms. The molecule has 0 unspecified atom stereocenters. The molecule has 0 aliphatic rings. The summed E-state index contributed by atoms with van der Waals surface area (Å²) in [4.78, 5) is 21.5. The number of amides is 1. The van der Waals surface area contributed by atoms with Crippen molar-refractivity contribution in [2.45, 2.75) is 11.8 Å². The van der Waals surface area contributed by atoms with Crippen LogP contribution in [0.25, 0.3) is 0 Å². The molecule has 0 aliphatic carbocycles. The van der Waals surface area contributed by atoms with E-state index in [1.807, 2.05) is 0 Å². The Labute approximate surface area is 98.2 Å². The van der Waals surface area contributed by atoms with Crippen molar-refractivity contribution in [3.8, 4) is 0 Å². The fourth-order valence-corrected chi connectivity index (χ4v) is 1.89. The highest BCUT2D eigenvalue weighted by Gasteiger charge is 2.14. The highest BCUT2D eigenvalue weighted by Crippen LogP contribution is 2.19. The smallest absolute Gasteiger partial charge is 0.335 e. The van der Waals surface area contributed by atoms with Gasteiger partial charge in [-0.2, -0.15) is 0 Å². The third-order valence-corrected chi connectivity index (χ3v) is 2.99. The van der Waals surface area contributed by atoms with Crippen LogP contribution in [0, 0.1) is 0 Å². The fraction of sp³-hybridized carbons (Fsp3) is 0.200. The summed E-state index contributed by atoms with van der Waals surface area (Å²) in [5.41, 5.74) is -0.0606. The molecule has 0 aromatic heterocycles. The minimum absolute atomic E-state index is 0.137. The van der Waals surface area contributed by atoms with E-state index in [0.29, 0.717) is 0 Å². The van der Waals surface area contributed by atoms with Gasteiger partial charge in [0.2, 0.25) is 5.91 Å². The molecule has 0 aliphatic heterocycles. The molecule has 0 radical (unpaired) electrons. The Morgan fingerprint density at radius 3 is 2.24 bits per heavy atom. The lowest BCUT2D eigenvalue weighted by molar-refractivity contribution is -0.114. The highest BCUT2D eigenvalue weighted by atomic mass is 32.2. The first kappa shape index (κ1) is 13.2. The molecule has 1 amide bonds. The summed E-state index contributed by atoms with van der Waals surface area (Å²) in [5, 5.41) is 11.2. The van der Waals surface area contributed by atoms with Gasteiger partial charge in [0.05, 0.1) is 10.5 Å². The largest absolute Gasteiger partial charge is 0.478 e. The summed E-state index contributed by atoms with van der Waals surface area (Å²) in [6.07, 6.45) is 0.964. The zero-order chi connectivity index (χ0) is 13.2. The Morgan fingerprint density at radius 2 is 1.82 bits per heavy atom. The molecular weight excluding hydrogens is 246 g/mol. The van der Waals surface area contributed by atoms with Gasteiger partial charge < -0.3 is 10.4 Å². The number of carboxylic acid groups (broad SMARTS) is 1. The number of carbonyl (C=O) groups excluding carboxylic acids is 1. The van der Waals surface area contributed by atoms with Gasteiger partial charge in [-0.15, -0.1) is 0 Å². The quantitative estimate of drug-likeness (QED) is 0.832. The number of hydrogen-bond donors (Lipinski definition) is 2. The van der Waals surface area contributed by atoms with Gasteiger partial charge >= 0.3 is 5.97 Å². The van der Waals surface area contributed by atoms with Crippen LogP contribution in [-0.4, -0.2) is 31.7 Å². The van der Waals surface area contributed by atoms with E-state index in [0.717, 1.165) is 12.3 Å². The number of carbonyl (C=O) groups is 2. The summed E-state index contributed by atoms with van der Waals surface area (Å²) < 4.78 is 22.7. The van der Waals surface area contributed by atoms with Crippen LogP contribution >= 0.6 is 0 Å². The van der Waals surface area contributed by atoms with E-state index in [9.17, 15) is 18.0 Å². The molecule has 17 heavy (non-hydrogen) atoms. The summed E-state index contributed by atoms with van der Waals surface area (Å²) in [6, 6.07) is 3.45. The molecule has 0 bridgehead atoms. The van der Waals surface area contributed by atoms with Gasteiger partial charge in [-0.05, 0) is 18.2 Å². The van der Waals surface area contributed by atoms with E-state index in [4.69, 9.17) is 5.11 Å². The lowest BCUT2D eigenvalue weighted by Gasteiger charge is -2.06. The van der Waals surface area contributed by atoms with Gasteiger partial charge in [-0.25, -0.2) is 13.2 Å². The first-order valence-corrected chi connectivity index (χ1v) is 6.45. The number of sulfone groups is 1. The minimum Gasteiger partial charge on any atom is -0.478 e. The van der Waals surface area contributed by atoms with Crippen molar-refractivity contribution in [2.24, 2.45) is 0 Å². The predicted molar refractivity (Wildman–Crippen MR) is 60.8 cm³/mol. The average molecular weight is 257 g/mol. The third kappa shape index (κ3) is 3.56. The van der Waals surface area contributed by atoms with Gasteiger partial charge in [0, 0.05) is 18.9 Å². The van der Waals surface area contributed by atoms with Crippen LogP contribution in [0.4, 0.5) is 5.69 Å². The van der Waals surface area contributed by atoms with E-state index in [-0.39, 0.29) is 16.1 Å². The standard InChI is InChI=1S/C10H11NO5S/c1-6(12)11-8-3-7(10(13)14)4-9(5-8)17(2,15)16/h3-5H,1-2H3,(H,11,12)(H,13,14). The van der Waals surface area contributed by atoms with Crippen LogP contribution in [0.15, 0.2) is 23.1 Å². The van der Waals surface area contributed by atoms with E-state index in [2.05, 4.69) is 5.32 Å². The normalized spacial score (nSPS) is 10.9. The summed E-state index contributed by atoms with van der Waals surface area (Å²) in [6.45, 7) is 1.24. The first-order chi connectivity index (χ1) is 7.70. The van der Waals surface area contributed by atoms with Crippen LogP contribution < -0.4 is 5.32 Å². The summed E-state index contributed by atoms with van der Waals surface area (Å²) in [5.74, 6) is -1.67. The Hall–Kier alpha value is -1.89. The maximum absolute atomic E-state index is 11.3. The monoisotopic (exact) mass is 257 g/mol. The SMILES string of the molecule is CC(=O)Nc1cc(C(=O)O)cc(S(C)(=O)=O)c1. The molecule has 0 saturated carbocycles. The molecule has 0 fully saturated rings. The molecule has 1 rings (SSSR count). The molecule has 0 atom stereocenters. The van der Waals surface area contributed by atoms with E-state index < -0.39 is 21.7 Å². The molecule has 0 spiro atoms. The van der Waals surface area contributed by atoms with Crippen molar-refractivity contribution in [1.82, 2.24) is 0 Å². The van der Waals surface area contributed by atoms with Gasteiger partial charge in [0.1, 0.15) is 0 Å². The molecule has 2 N–H and O–H groups in total. The average Bonchev–Trinajstić information content (AvgIpc) is 2.14. The van der Waals surface area contributed by atoms with Crippen molar-refractivity contribution in [3.63, 3.8) is 0 Å². The molecule has 0 saturated heterocycles. The fourth-order valence-electron chi connectivity index (χ4n) is 1.21. The van der Waals surface area contributed by atoms with Crippen molar-refractivity contribution >= 4 is 27.4 Å². The summed E-state index contributed by atoms with van der Waals surface area (Å²) in [7, 11) is -3.53. The summed E-state index contributed by atoms with van der Waals surface area (Å²) >= 11 is 0. The second-order valence-corrected chi connectivity index (χ2v) is 5.52. The number of nitrogens with one attached hydrogen (secondary N) is 1. The number of rotatable bonds is 3. The number of aromatic carboxylic acids is 1.